The molecule has 0 aliphatic heterocycles. The summed E-state index contributed by atoms with van der Waals surface area (Å²) in [5.41, 5.74) is 3.97. The van der Waals surface area contributed by atoms with Crippen LogP contribution in [0, 0.1) is 22.7 Å². The summed E-state index contributed by atoms with van der Waals surface area (Å²) < 4.78 is 0. The van der Waals surface area contributed by atoms with E-state index in [1.165, 1.54) is 18.4 Å². The molecule has 5 heteroatoms. The Morgan fingerprint density at radius 2 is 1.65 bits per heavy atom. The Morgan fingerprint density at radius 3 is 2.10 bits per heavy atom. The Morgan fingerprint density at radius 1 is 1.10 bits per heavy atom. The van der Waals surface area contributed by atoms with E-state index in [2.05, 4.69) is 81.0 Å². The number of hydrogen-bond donors (Lipinski definition) is 4. The lowest BCUT2D eigenvalue weighted by Crippen LogP contribution is -2.29. The number of amides is 1. The summed E-state index contributed by atoms with van der Waals surface area (Å²) in [4.78, 5) is 12.3. The van der Waals surface area contributed by atoms with Crippen molar-refractivity contribution < 1.29 is 15.1 Å². The fraction of sp³-hybridized carbons (Fsp3) is 0.808. The molecule has 4 nitrogen and oxygen atoms in total. The Bertz CT molecular complexity index is 617. The van der Waals surface area contributed by atoms with Crippen LogP contribution in [-0.2, 0) is 4.79 Å². The van der Waals surface area contributed by atoms with Gasteiger partial charge in [-0.2, -0.15) is 0 Å². The summed E-state index contributed by atoms with van der Waals surface area (Å²) in [6.07, 6.45) is 7.62. The molecule has 0 rings (SSSR count). The number of allylic oxidation sites excluding steroid dienone is 4. The van der Waals surface area contributed by atoms with E-state index < -0.39 is 5.91 Å². The molecule has 0 spiro atoms. The zero-order chi connectivity index (χ0) is 24.4. The Hall–Kier alpha value is -0.780. The Kier molecular flexibility index (Phi) is 13.4. The predicted molar refractivity (Wildman–Crippen MR) is 135 cm³/mol. The molecule has 0 aliphatic rings. The van der Waals surface area contributed by atoms with Crippen molar-refractivity contribution in [3.63, 3.8) is 0 Å². The SMILES string of the molecule is CCC(CC)C(C)/C=C(/C)C(C)(CCC(O)C(C)(C)C)C/C(C)=C(\S)CCC(=O)NO. The lowest BCUT2D eigenvalue weighted by atomic mass is 9.70. The van der Waals surface area contributed by atoms with Gasteiger partial charge in [-0.3, -0.25) is 10.0 Å². The molecule has 0 aromatic rings. The topological polar surface area (TPSA) is 69.6 Å². The maximum Gasteiger partial charge on any atom is 0.243 e. The fourth-order valence-electron chi connectivity index (χ4n) is 4.27. The fourth-order valence-corrected chi connectivity index (χ4v) is 4.46. The molecule has 3 unspecified atom stereocenters. The van der Waals surface area contributed by atoms with Crippen molar-refractivity contribution in [2.24, 2.45) is 22.7 Å². The van der Waals surface area contributed by atoms with Crippen molar-refractivity contribution in [3.05, 3.63) is 22.1 Å². The van der Waals surface area contributed by atoms with Crippen LogP contribution in [0.15, 0.2) is 22.1 Å². The number of aliphatic hydroxyl groups is 1. The van der Waals surface area contributed by atoms with Gasteiger partial charge < -0.3 is 5.11 Å². The van der Waals surface area contributed by atoms with E-state index in [4.69, 9.17) is 5.21 Å². The molecule has 0 aromatic heterocycles. The number of carbonyl (C=O) groups excluding carboxylic acids is 1. The van der Waals surface area contributed by atoms with Gasteiger partial charge in [0.2, 0.25) is 5.91 Å². The molecule has 0 bridgehead atoms. The number of nitrogens with one attached hydrogen (secondary N) is 1. The zero-order valence-corrected chi connectivity index (χ0v) is 22.4. The van der Waals surface area contributed by atoms with Crippen LogP contribution in [0.4, 0.5) is 0 Å². The van der Waals surface area contributed by atoms with Gasteiger partial charge in [0, 0.05) is 6.42 Å². The van der Waals surface area contributed by atoms with Crippen LogP contribution in [0.5, 0.6) is 0 Å². The number of thiol groups is 1. The molecule has 31 heavy (non-hydrogen) atoms. The molecule has 0 saturated heterocycles. The summed E-state index contributed by atoms with van der Waals surface area (Å²) in [6.45, 7) is 19.7. The Labute approximate surface area is 197 Å². The summed E-state index contributed by atoms with van der Waals surface area (Å²) in [6, 6.07) is 0. The second-order valence-electron chi connectivity index (χ2n) is 10.7. The maximum absolute atomic E-state index is 11.4. The van der Waals surface area contributed by atoms with Crippen LogP contribution in [0.1, 0.15) is 107 Å². The van der Waals surface area contributed by atoms with Crippen LogP contribution in [0.3, 0.4) is 0 Å². The highest BCUT2D eigenvalue weighted by Gasteiger charge is 2.31. The standard InChI is InChI=1S/C26H49NO3S/c1-10-21(11-2)18(3)16-20(5)26(9,15-14-23(28)25(6,7)8)17-19(4)22(31)12-13-24(29)27-30/h16,18,21,23,28,30-31H,10-15,17H2,1-9H3,(H,27,29)/b20-16-,22-19-. The number of hydrogen-bond acceptors (Lipinski definition) is 4. The number of rotatable bonds is 13. The monoisotopic (exact) mass is 455 g/mol. The first-order valence-corrected chi connectivity index (χ1v) is 12.3. The summed E-state index contributed by atoms with van der Waals surface area (Å²) >= 11 is 4.66. The van der Waals surface area contributed by atoms with Crippen molar-refractivity contribution in [2.75, 3.05) is 0 Å². The summed E-state index contributed by atoms with van der Waals surface area (Å²) in [5.74, 6) is 0.786. The van der Waals surface area contributed by atoms with E-state index in [0.29, 0.717) is 18.3 Å². The zero-order valence-electron chi connectivity index (χ0n) is 21.5. The molecule has 182 valence electrons. The first-order chi connectivity index (χ1) is 14.2. The first kappa shape index (κ1) is 30.2. The van der Waals surface area contributed by atoms with Gasteiger partial charge in [0.05, 0.1) is 6.10 Å². The highest BCUT2D eigenvalue weighted by Crippen LogP contribution is 2.42. The molecule has 1 amide bonds. The number of carbonyl (C=O) groups is 1. The molecular weight excluding hydrogens is 406 g/mol. The largest absolute Gasteiger partial charge is 0.393 e. The molecule has 0 aromatic carbocycles. The van der Waals surface area contributed by atoms with Gasteiger partial charge in [0.25, 0.3) is 0 Å². The van der Waals surface area contributed by atoms with Gasteiger partial charge in [-0.15, -0.1) is 12.6 Å². The van der Waals surface area contributed by atoms with Gasteiger partial charge in [-0.1, -0.05) is 78.5 Å². The van der Waals surface area contributed by atoms with E-state index in [1.54, 1.807) is 5.48 Å². The summed E-state index contributed by atoms with van der Waals surface area (Å²) in [7, 11) is 0. The molecule has 0 fully saturated rings. The molecule has 0 saturated carbocycles. The average Bonchev–Trinajstić information content (AvgIpc) is 2.69. The van der Waals surface area contributed by atoms with E-state index in [1.807, 2.05) is 0 Å². The molecule has 0 heterocycles. The van der Waals surface area contributed by atoms with Crippen molar-refractivity contribution in [3.8, 4) is 0 Å². The van der Waals surface area contributed by atoms with E-state index in [-0.39, 0.29) is 23.4 Å². The van der Waals surface area contributed by atoms with Crippen LogP contribution in [0.2, 0.25) is 0 Å². The minimum Gasteiger partial charge on any atom is -0.393 e. The molecule has 3 atom stereocenters. The number of hydroxylamine groups is 1. The van der Waals surface area contributed by atoms with Crippen molar-refractivity contribution >= 4 is 18.5 Å². The van der Waals surface area contributed by atoms with Gasteiger partial charge in [-0.25, -0.2) is 5.48 Å². The van der Waals surface area contributed by atoms with E-state index in [9.17, 15) is 9.90 Å². The van der Waals surface area contributed by atoms with Gasteiger partial charge in [0.1, 0.15) is 0 Å². The van der Waals surface area contributed by atoms with E-state index >= 15 is 0 Å². The third-order valence-electron chi connectivity index (χ3n) is 7.09. The summed E-state index contributed by atoms with van der Waals surface area (Å²) in [5, 5.41) is 19.4. The van der Waals surface area contributed by atoms with Crippen molar-refractivity contribution in [1.82, 2.24) is 5.48 Å². The third-order valence-corrected chi connectivity index (χ3v) is 7.69. The van der Waals surface area contributed by atoms with Crippen LogP contribution in [-0.4, -0.2) is 22.3 Å². The molecule has 0 aliphatic carbocycles. The maximum atomic E-state index is 11.4. The van der Waals surface area contributed by atoms with Crippen molar-refractivity contribution in [2.45, 2.75) is 113 Å². The van der Waals surface area contributed by atoms with Crippen LogP contribution in [0.25, 0.3) is 0 Å². The number of aliphatic hydroxyl groups excluding tert-OH is 1. The van der Waals surface area contributed by atoms with Crippen molar-refractivity contribution in [1.29, 1.82) is 0 Å². The third kappa shape index (κ3) is 10.6. The average molecular weight is 456 g/mol. The normalized spacial score (nSPS) is 17.8. The minimum atomic E-state index is -0.398. The lowest BCUT2D eigenvalue weighted by Gasteiger charge is -2.36. The second-order valence-corrected chi connectivity index (χ2v) is 11.2. The van der Waals surface area contributed by atoms with Gasteiger partial charge in [-0.05, 0) is 67.1 Å². The van der Waals surface area contributed by atoms with Gasteiger partial charge >= 0.3 is 0 Å². The van der Waals surface area contributed by atoms with Gasteiger partial charge in [0.15, 0.2) is 0 Å². The minimum absolute atomic E-state index is 0.0934. The Balaban J connectivity index is 5.78. The molecule has 3 N–H and O–H groups in total. The second kappa shape index (κ2) is 13.7. The van der Waals surface area contributed by atoms with Crippen LogP contribution >= 0.6 is 12.6 Å². The van der Waals surface area contributed by atoms with E-state index in [0.717, 1.165) is 29.7 Å². The molecular formula is C26H49NO3S. The quantitative estimate of drug-likeness (QED) is 0.104. The smallest absolute Gasteiger partial charge is 0.243 e. The highest BCUT2D eigenvalue weighted by molar-refractivity contribution is 7.84. The predicted octanol–water partition coefficient (Wildman–Crippen LogP) is 7.08. The molecule has 0 radical (unpaired) electrons. The highest BCUT2D eigenvalue weighted by atomic mass is 32.1. The van der Waals surface area contributed by atoms with Crippen LogP contribution < -0.4 is 5.48 Å². The first-order valence-electron chi connectivity index (χ1n) is 11.9. The lowest BCUT2D eigenvalue weighted by molar-refractivity contribution is -0.129.